The van der Waals surface area contributed by atoms with E-state index in [1.54, 1.807) is 18.4 Å². The highest BCUT2D eigenvalue weighted by Gasteiger charge is 2.15. The van der Waals surface area contributed by atoms with E-state index >= 15 is 0 Å². The second-order valence-corrected chi connectivity index (χ2v) is 6.46. The average molecular weight is 342 g/mol. The Labute approximate surface area is 145 Å². The number of hydrogen-bond acceptors (Lipinski definition) is 4. The van der Waals surface area contributed by atoms with Gasteiger partial charge >= 0.3 is 0 Å². The van der Waals surface area contributed by atoms with Crippen molar-refractivity contribution >= 4 is 11.3 Å². The van der Waals surface area contributed by atoms with Gasteiger partial charge in [-0.1, -0.05) is 24.3 Å². The van der Waals surface area contributed by atoms with E-state index in [-0.39, 0.29) is 11.9 Å². The third-order valence-electron chi connectivity index (χ3n) is 3.78. The van der Waals surface area contributed by atoms with Crippen molar-refractivity contribution in [1.29, 1.82) is 0 Å². The predicted molar refractivity (Wildman–Crippen MR) is 94.9 cm³/mol. The molecule has 0 aliphatic carbocycles. The number of ether oxygens (including phenoxy) is 1. The summed E-state index contributed by atoms with van der Waals surface area (Å²) in [6.07, 6.45) is 0. The monoisotopic (exact) mass is 342 g/mol. The van der Waals surface area contributed by atoms with Crippen LogP contribution < -0.4 is 10.1 Å². The molecule has 2 aromatic carbocycles. The first-order chi connectivity index (χ1) is 11.7. The lowest BCUT2D eigenvalue weighted by atomic mass is 9.98. The minimum atomic E-state index is -0.234. The maximum atomic E-state index is 13.3. The zero-order valence-corrected chi connectivity index (χ0v) is 14.4. The van der Waals surface area contributed by atoms with Crippen LogP contribution in [0, 0.1) is 12.7 Å². The number of hydrogen-bond donors (Lipinski definition) is 1. The molecule has 0 aliphatic heterocycles. The molecule has 1 atom stereocenters. The minimum Gasteiger partial charge on any atom is -0.497 e. The van der Waals surface area contributed by atoms with Gasteiger partial charge in [0.25, 0.3) is 0 Å². The van der Waals surface area contributed by atoms with Crippen LogP contribution in [-0.4, -0.2) is 12.1 Å². The molecular formula is C19H19FN2OS. The van der Waals surface area contributed by atoms with E-state index in [9.17, 15) is 4.39 Å². The Balaban J connectivity index is 1.85. The number of aryl methyl sites for hydroxylation is 1. The Bertz CT molecular complexity index is 784. The van der Waals surface area contributed by atoms with Gasteiger partial charge in [-0.3, -0.25) is 5.32 Å². The first kappa shape index (κ1) is 16.6. The van der Waals surface area contributed by atoms with Crippen LogP contribution in [0.15, 0.2) is 53.9 Å². The van der Waals surface area contributed by atoms with Crippen LogP contribution in [0.5, 0.6) is 5.75 Å². The van der Waals surface area contributed by atoms with Crippen molar-refractivity contribution in [2.45, 2.75) is 19.5 Å². The number of rotatable bonds is 6. The summed E-state index contributed by atoms with van der Waals surface area (Å²) in [5, 5.41) is 6.60. The molecule has 1 N–H and O–H groups in total. The Kier molecular flexibility index (Phi) is 5.23. The Morgan fingerprint density at radius 3 is 2.25 bits per heavy atom. The smallest absolute Gasteiger partial charge is 0.123 e. The lowest BCUT2D eigenvalue weighted by Crippen LogP contribution is -2.22. The summed E-state index contributed by atoms with van der Waals surface area (Å²) >= 11 is 1.64. The summed E-state index contributed by atoms with van der Waals surface area (Å²) in [6, 6.07) is 14.5. The van der Waals surface area contributed by atoms with Gasteiger partial charge in [0, 0.05) is 17.6 Å². The fourth-order valence-corrected chi connectivity index (χ4v) is 3.28. The molecule has 0 saturated carbocycles. The number of methoxy groups -OCH3 is 1. The van der Waals surface area contributed by atoms with E-state index in [0.29, 0.717) is 6.54 Å². The fourth-order valence-electron chi connectivity index (χ4n) is 2.55. The SMILES string of the molecule is COc1ccc([C@H](NCc2nc(C)cs2)c2ccc(F)cc2)cc1. The van der Waals surface area contributed by atoms with E-state index < -0.39 is 0 Å². The number of nitrogens with zero attached hydrogens (tertiary/aromatic N) is 1. The highest BCUT2D eigenvalue weighted by atomic mass is 32.1. The third kappa shape index (κ3) is 3.99. The lowest BCUT2D eigenvalue weighted by Gasteiger charge is -2.19. The molecule has 124 valence electrons. The molecule has 0 aliphatic rings. The number of halogens is 1. The molecule has 3 rings (SSSR count). The molecule has 0 spiro atoms. The largest absolute Gasteiger partial charge is 0.497 e. The molecular weight excluding hydrogens is 323 g/mol. The molecule has 0 saturated heterocycles. The normalized spacial score (nSPS) is 12.1. The van der Waals surface area contributed by atoms with E-state index in [2.05, 4.69) is 10.3 Å². The maximum Gasteiger partial charge on any atom is 0.123 e. The lowest BCUT2D eigenvalue weighted by molar-refractivity contribution is 0.414. The first-order valence-corrected chi connectivity index (χ1v) is 8.57. The first-order valence-electron chi connectivity index (χ1n) is 7.69. The Hall–Kier alpha value is -2.24. The van der Waals surface area contributed by atoms with Gasteiger partial charge in [0.15, 0.2) is 0 Å². The molecule has 0 bridgehead atoms. The summed E-state index contributed by atoms with van der Waals surface area (Å²) in [7, 11) is 1.65. The Morgan fingerprint density at radius 1 is 1.08 bits per heavy atom. The van der Waals surface area contributed by atoms with Crippen LogP contribution >= 0.6 is 11.3 Å². The highest BCUT2D eigenvalue weighted by molar-refractivity contribution is 7.09. The zero-order valence-electron chi connectivity index (χ0n) is 13.6. The van der Waals surface area contributed by atoms with Crippen LogP contribution in [0.4, 0.5) is 4.39 Å². The number of aromatic nitrogens is 1. The van der Waals surface area contributed by atoms with Crippen LogP contribution in [0.2, 0.25) is 0 Å². The standard InChI is InChI=1S/C19H19FN2OS/c1-13-12-24-18(22-13)11-21-19(14-3-7-16(20)8-4-14)15-5-9-17(23-2)10-6-15/h3-10,12,19,21H,11H2,1-2H3/t19-/m1/s1. The van der Waals surface area contributed by atoms with Gasteiger partial charge in [-0.05, 0) is 42.3 Å². The summed E-state index contributed by atoms with van der Waals surface area (Å²) in [5.74, 6) is 0.579. The Morgan fingerprint density at radius 2 is 1.71 bits per heavy atom. The van der Waals surface area contributed by atoms with Crippen molar-refractivity contribution in [2.24, 2.45) is 0 Å². The quantitative estimate of drug-likeness (QED) is 0.717. The summed E-state index contributed by atoms with van der Waals surface area (Å²) in [5.41, 5.74) is 3.13. The van der Waals surface area contributed by atoms with Gasteiger partial charge in [-0.2, -0.15) is 0 Å². The molecule has 0 unspecified atom stereocenters. The van der Waals surface area contributed by atoms with Crippen molar-refractivity contribution in [1.82, 2.24) is 10.3 Å². The molecule has 1 aromatic heterocycles. The molecule has 0 amide bonds. The average Bonchev–Trinajstić information content (AvgIpc) is 3.02. The summed E-state index contributed by atoms with van der Waals surface area (Å²) < 4.78 is 18.5. The van der Waals surface area contributed by atoms with Gasteiger partial charge in [0.1, 0.15) is 16.6 Å². The minimum absolute atomic E-state index is 0.0410. The summed E-state index contributed by atoms with van der Waals surface area (Å²) in [4.78, 5) is 4.49. The van der Waals surface area contributed by atoms with Crippen molar-refractivity contribution in [3.63, 3.8) is 0 Å². The molecule has 24 heavy (non-hydrogen) atoms. The number of nitrogens with one attached hydrogen (secondary N) is 1. The zero-order chi connectivity index (χ0) is 16.9. The van der Waals surface area contributed by atoms with Gasteiger partial charge in [-0.25, -0.2) is 9.37 Å². The van der Waals surface area contributed by atoms with Gasteiger partial charge in [0.2, 0.25) is 0 Å². The second kappa shape index (κ2) is 7.55. The van der Waals surface area contributed by atoms with Crippen LogP contribution in [0.1, 0.15) is 27.9 Å². The van der Waals surface area contributed by atoms with E-state index in [0.717, 1.165) is 27.6 Å². The van der Waals surface area contributed by atoms with Crippen molar-refractivity contribution in [3.05, 3.63) is 81.6 Å². The number of benzene rings is 2. The highest BCUT2D eigenvalue weighted by Crippen LogP contribution is 2.25. The van der Waals surface area contributed by atoms with Gasteiger partial charge < -0.3 is 4.74 Å². The van der Waals surface area contributed by atoms with E-state index in [1.165, 1.54) is 12.1 Å². The van der Waals surface area contributed by atoms with Crippen molar-refractivity contribution in [2.75, 3.05) is 7.11 Å². The molecule has 0 fully saturated rings. The van der Waals surface area contributed by atoms with E-state index in [4.69, 9.17) is 4.74 Å². The molecule has 5 heteroatoms. The molecule has 3 nitrogen and oxygen atoms in total. The van der Waals surface area contributed by atoms with Gasteiger partial charge in [0.05, 0.1) is 13.2 Å². The third-order valence-corrected chi connectivity index (χ3v) is 4.74. The van der Waals surface area contributed by atoms with Crippen molar-refractivity contribution < 1.29 is 9.13 Å². The second-order valence-electron chi connectivity index (χ2n) is 5.52. The van der Waals surface area contributed by atoms with Crippen LogP contribution in [-0.2, 0) is 6.54 Å². The fraction of sp³-hybridized carbons (Fsp3) is 0.211. The molecule has 1 heterocycles. The van der Waals surface area contributed by atoms with Crippen LogP contribution in [0.25, 0.3) is 0 Å². The number of thiazole rings is 1. The van der Waals surface area contributed by atoms with Gasteiger partial charge in [-0.15, -0.1) is 11.3 Å². The molecule has 3 aromatic rings. The predicted octanol–water partition coefficient (Wildman–Crippen LogP) is 4.48. The maximum absolute atomic E-state index is 13.3. The molecule has 0 radical (unpaired) electrons. The van der Waals surface area contributed by atoms with Crippen molar-refractivity contribution in [3.8, 4) is 5.75 Å². The van der Waals surface area contributed by atoms with Crippen LogP contribution in [0.3, 0.4) is 0 Å². The summed E-state index contributed by atoms with van der Waals surface area (Å²) in [6.45, 7) is 2.65. The topological polar surface area (TPSA) is 34.1 Å². The van der Waals surface area contributed by atoms with E-state index in [1.807, 2.05) is 48.7 Å².